The van der Waals surface area contributed by atoms with Gasteiger partial charge in [0.05, 0.1) is 11.4 Å². The van der Waals surface area contributed by atoms with Crippen molar-refractivity contribution in [3.63, 3.8) is 0 Å². The summed E-state index contributed by atoms with van der Waals surface area (Å²) in [5.74, 6) is -0.635. The smallest absolute Gasteiger partial charge is 0.322 e. The number of carbonyl (C=O) groups is 3. The van der Waals surface area contributed by atoms with Gasteiger partial charge in [-0.15, -0.1) is 0 Å². The summed E-state index contributed by atoms with van der Waals surface area (Å²) in [6.45, 7) is 2.36. The fraction of sp³-hybridized carbons (Fsp3) is 0.308. The van der Waals surface area contributed by atoms with Crippen LogP contribution in [0.2, 0.25) is 0 Å². The zero-order valence-electron chi connectivity index (χ0n) is 18.9. The highest BCUT2D eigenvalue weighted by Gasteiger charge is 2.55. The second-order valence-corrected chi connectivity index (χ2v) is 8.92. The van der Waals surface area contributed by atoms with Crippen molar-refractivity contribution in [3.05, 3.63) is 65.9 Å². The van der Waals surface area contributed by atoms with Crippen LogP contribution in [0.5, 0.6) is 5.75 Å². The van der Waals surface area contributed by atoms with Crippen molar-refractivity contribution in [3.8, 4) is 5.75 Å². The van der Waals surface area contributed by atoms with Crippen molar-refractivity contribution in [2.24, 2.45) is 5.92 Å². The number of rotatable bonds is 5. The number of nitrogens with zero attached hydrogens (tertiary/aromatic N) is 1. The summed E-state index contributed by atoms with van der Waals surface area (Å²) in [5.41, 5.74) is 2.37. The SMILES string of the molecule is Cc1cc(COc2ccc(NC(=O)[C@@H]3CCCC[C@@]34NC(=O)NC4=O)cc2)c2ccccc2n1. The quantitative estimate of drug-likeness (QED) is 0.504. The third-order valence-corrected chi connectivity index (χ3v) is 6.64. The van der Waals surface area contributed by atoms with Gasteiger partial charge in [0.2, 0.25) is 5.91 Å². The molecule has 3 N–H and O–H groups in total. The van der Waals surface area contributed by atoms with Gasteiger partial charge in [-0.2, -0.15) is 0 Å². The van der Waals surface area contributed by atoms with E-state index in [1.54, 1.807) is 24.3 Å². The second kappa shape index (κ2) is 8.78. The minimum atomic E-state index is -1.16. The number of ether oxygens (including phenoxy) is 1. The first-order valence-electron chi connectivity index (χ1n) is 11.5. The van der Waals surface area contributed by atoms with E-state index in [0.29, 0.717) is 30.9 Å². The fourth-order valence-electron chi connectivity index (χ4n) is 4.99. The van der Waals surface area contributed by atoms with E-state index >= 15 is 0 Å². The molecule has 2 heterocycles. The van der Waals surface area contributed by atoms with Gasteiger partial charge in [-0.3, -0.25) is 19.9 Å². The van der Waals surface area contributed by atoms with Crippen LogP contribution in [0.1, 0.15) is 36.9 Å². The molecule has 2 fully saturated rings. The van der Waals surface area contributed by atoms with Gasteiger partial charge in [-0.05, 0) is 56.2 Å². The van der Waals surface area contributed by atoms with E-state index in [1.165, 1.54) is 0 Å². The van der Waals surface area contributed by atoms with Crippen molar-refractivity contribution in [2.45, 2.75) is 44.8 Å². The average molecular weight is 459 g/mol. The average Bonchev–Trinajstić information content (AvgIpc) is 3.11. The molecular weight excluding hydrogens is 432 g/mol. The molecule has 4 amide bonds. The number of pyridine rings is 1. The third-order valence-electron chi connectivity index (χ3n) is 6.64. The van der Waals surface area contributed by atoms with Crippen LogP contribution in [0.3, 0.4) is 0 Å². The Kier molecular flexibility index (Phi) is 5.65. The lowest BCUT2D eigenvalue weighted by atomic mass is 9.72. The van der Waals surface area contributed by atoms with Gasteiger partial charge in [0.15, 0.2) is 0 Å². The Balaban J connectivity index is 1.26. The van der Waals surface area contributed by atoms with Crippen molar-refractivity contribution in [1.29, 1.82) is 0 Å². The van der Waals surface area contributed by atoms with Gasteiger partial charge in [-0.25, -0.2) is 4.79 Å². The van der Waals surface area contributed by atoms with Crippen LogP contribution in [-0.4, -0.2) is 28.4 Å². The molecule has 2 atom stereocenters. The number of aryl methyl sites for hydroxylation is 1. The van der Waals surface area contributed by atoms with Gasteiger partial charge in [0.1, 0.15) is 17.9 Å². The highest BCUT2D eigenvalue weighted by Crippen LogP contribution is 2.37. The molecule has 0 radical (unpaired) electrons. The summed E-state index contributed by atoms with van der Waals surface area (Å²) < 4.78 is 5.99. The number of nitrogens with one attached hydrogen (secondary N) is 3. The number of imide groups is 1. The number of benzene rings is 2. The Labute approximate surface area is 197 Å². The van der Waals surface area contributed by atoms with E-state index in [-0.39, 0.29) is 5.91 Å². The Morgan fingerprint density at radius 2 is 1.94 bits per heavy atom. The first kappa shape index (κ1) is 21.9. The summed E-state index contributed by atoms with van der Waals surface area (Å²) in [6, 6.07) is 16.6. The molecule has 5 rings (SSSR count). The summed E-state index contributed by atoms with van der Waals surface area (Å²) in [7, 11) is 0. The number of carbonyl (C=O) groups excluding carboxylic acids is 3. The number of para-hydroxylation sites is 1. The Morgan fingerprint density at radius 1 is 1.15 bits per heavy atom. The van der Waals surface area contributed by atoms with Crippen LogP contribution in [-0.2, 0) is 16.2 Å². The molecule has 174 valence electrons. The van der Waals surface area contributed by atoms with E-state index in [4.69, 9.17) is 4.74 Å². The molecule has 1 spiro atoms. The summed E-state index contributed by atoms with van der Waals surface area (Å²) >= 11 is 0. The van der Waals surface area contributed by atoms with Crippen LogP contribution in [0.25, 0.3) is 10.9 Å². The van der Waals surface area contributed by atoms with E-state index in [9.17, 15) is 14.4 Å². The molecule has 0 bridgehead atoms. The van der Waals surface area contributed by atoms with E-state index in [2.05, 4.69) is 20.9 Å². The Bertz CT molecular complexity index is 1270. The molecule has 1 saturated heterocycles. The first-order valence-corrected chi connectivity index (χ1v) is 11.5. The molecule has 1 aliphatic carbocycles. The Hall–Kier alpha value is -3.94. The predicted octanol–water partition coefficient (Wildman–Crippen LogP) is 3.83. The van der Waals surface area contributed by atoms with Crippen LogP contribution in [0.15, 0.2) is 54.6 Å². The maximum absolute atomic E-state index is 13.1. The van der Waals surface area contributed by atoms with Gasteiger partial charge in [0, 0.05) is 22.3 Å². The van der Waals surface area contributed by atoms with Gasteiger partial charge < -0.3 is 15.4 Å². The molecule has 0 unspecified atom stereocenters. The second-order valence-electron chi connectivity index (χ2n) is 8.92. The van der Waals surface area contributed by atoms with E-state index < -0.39 is 23.4 Å². The Morgan fingerprint density at radius 3 is 2.71 bits per heavy atom. The van der Waals surface area contributed by atoms with E-state index in [0.717, 1.165) is 35.0 Å². The summed E-state index contributed by atoms with van der Waals surface area (Å²) in [6.07, 6.45) is 2.62. The molecule has 1 saturated carbocycles. The standard InChI is InChI=1S/C26H26N4O4/c1-16-14-17(20-6-2-3-8-22(20)27-16)15-34-19-11-9-18(10-12-19)28-23(31)21-7-4-5-13-26(21)24(32)29-25(33)30-26/h2-3,6,8-12,14,21H,4-5,7,13,15H2,1H3,(H,28,31)(H2,29,30,32,33)/t21-,26+/m0/s1. The lowest BCUT2D eigenvalue weighted by Gasteiger charge is -2.37. The number of hydrogen-bond acceptors (Lipinski definition) is 5. The maximum Gasteiger partial charge on any atom is 0.322 e. The molecule has 1 aromatic heterocycles. The van der Waals surface area contributed by atoms with E-state index in [1.807, 2.05) is 37.3 Å². The molecular formula is C26H26N4O4. The highest BCUT2D eigenvalue weighted by molar-refractivity contribution is 6.10. The number of amides is 4. The van der Waals surface area contributed by atoms with Gasteiger partial charge >= 0.3 is 6.03 Å². The van der Waals surface area contributed by atoms with Crippen molar-refractivity contribution in [1.82, 2.24) is 15.6 Å². The molecule has 3 aromatic rings. The normalized spacial score (nSPS) is 21.9. The largest absolute Gasteiger partial charge is 0.489 e. The molecule has 2 aromatic carbocycles. The van der Waals surface area contributed by atoms with Crippen molar-refractivity contribution in [2.75, 3.05) is 5.32 Å². The fourth-order valence-corrected chi connectivity index (χ4v) is 4.99. The van der Waals surface area contributed by atoms with Crippen LogP contribution < -0.4 is 20.7 Å². The van der Waals surface area contributed by atoms with Crippen LogP contribution in [0, 0.1) is 12.8 Å². The summed E-state index contributed by atoms with van der Waals surface area (Å²) in [5, 5.41) is 8.95. The monoisotopic (exact) mass is 458 g/mol. The number of anilines is 1. The molecule has 2 aliphatic rings. The van der Waals surface area contributed by atoms with Gasteiger partial charge in [0.25, 0.3) is 5.91 Å². The lowest BCUT2D eigenvalue weighted by Crippen LogP contribution is -2.58. The predicted molar refractivity (Wildman–Crippen MR) is 127 cm³/mol. The zero-order valence-corrected chi connectivity index (χ0v) is 18.9. The van der Waals surface area contributed by atoms with Crippen molar-refractivity contribution < 1.29 is 19.1 Å². The number of aromatic nitrogens is 1. The number of hydrogen-bond donors (Lipinski definition) is 3. The summed E-state index contributed by atoms with van der Waals surface area (Å²) in [4.78, 5) is 41.8. The van der Waals surface area contributed by atoms with Crippen LogP contribution >= 0.6 is 0 Å². The topological polar surface area (TPSA) is 109 Å². The minimum absolute atomic E-state index is 0.274. The van der Waals surface area contributed by atoms with Crippen LogP contribution in [0.4, 0.5) is 10.5 Å². The zero-order chi connectivity index (χ0) is 23.7. The first-order chi connectivity index (χ1) is 16.4. The number of urea groups is 1. The maximum atomic E-state index is 13.1. The molecule has 1 aliphatic heterocycles. The molecule has 8 nitrogen and oxygen atoms in total. The van der Waals surface area contributed by atoms with Crippen molar-refractivity contribution >= 4 is 34.4 Å². The third kappa shape index (κ3) is 4.07. The minimum Gasteiger partial charge on any atom is -0.489 e. The molecule has 34 heavy (non-hydrogen) atoms. The number of fused-ring (bicyclic) bond motifs is 1. The van der Waals surface area contributed by atoms with Gasteiger partial charge in [-0.1, -0.05) is 31.0 Å². The highest BCUT2D eigenvalue weighted by atomic mass is 16.5. The lowest BCUT2D eigenvalue weighted by molar-refractivity contribution is -0.134. The molecule has 8 heteroatoms.